The summed E-state index contributed by atoms with van der Waals surface area (Å²) in [4.78, 5) is 110. The Kier molecular flexibility index (Phi) is 23.6. The fraction of sp³-hybridized carbons (Fsp3) is 0.309. The van der Waals surface area contributed by atoms with Gasteiger partial charge in [-0.3, -0.25) is 24.3 Å². The number of hydrogen-bond donors (Lipinski definition) is 3. The Morgan fingerprint density at radius 1 is 0.336 bits per heavy atom. The molecule has 7 aromatic carbocycles. The Hall–Kier alpha value is -14.1. The van der Waals surface area contributed by atoms with E-state index in [9.17, 15) is 29.4 Å². The predicted octanol–water partition coefficient (Wildman–Crippen LogP) is 10.6. The first kappa shape index (κ1) is 80.4. The second kappa shape index (κ2) is 35.9. The van der Waals surface area contributed by atoms with Crippen LogP contribution in [0.3, 0.4) is 0 Å². The maximum absolute atomic E-state index is 11.9. The molecule has 0 saturated carbocycles. The Morgan fingerprint density at radius 2 is 0.680 bits per heavy atom. The smallest absolute Gasteiger partial charge is 0.246 e. The SMILES string of the molecule is C=CC(=O)N1CCN(c2ncnc3c2CCN(c2c(C)ccc4[nH]ncc24)C3)CC1.C=CC(=O)N1CCN(c2ncnc3c2CCN(c2cccc4cc(O)ccc24)C3)CC1.C=CC(=O)N1CCN(c2ncnc3c2CCN(c2cccc4ccc(O)cc24)C3)CC1.C=CC(=O)N1CCN(c2ncnc3c2CCN(c2cccc4ccccc24)C3)CC1. The van der Waals surface area contributed by atoms with Gasteiger partial charge in [0.15, 0.2) is 0 Å². The Bertz CT molecular complexity index is 5960. The van der Waals surface area contributed by atoms with E-state index in [2.05, 4.69) is 201 Å². The summed E-state index contributed by atoms with van der Waals surface area (Å²) >= 11 is 0. The number of anilines is 8. The molecular formula is C94H100N22O6. The molecule has 0 radical (unpaired) electrons. The minimum Gasteiger partial charge on any atom is -0.508 e. The van der Waals surface area contributed by atoms with Crippen molar-refractivity contribution in [3.05, 3.63) is 260 Å². The summed E-state index contributed by atoms with van der Waals surface area (Å²) in [5, 5.41) is 35.1. The number of aryl methyl sites for hydroxylation is 1. The van der Waals surface area contributed by atoms with Crippen molar-refractivity contribution in [3.8, 4) is 11.5 Å². The lowest BCUT2D eigenvalue weighted by Gasteiger charge is -2.38. The van der Waals surface area contributed by atoms with Crippen LogP contribution in [0.25, 0.3) is 43.2 Å². The number of hydrogen-bond acceptors (Lipinski definition) is 23. The molecule has 122 heavy (non-hydrogen) atoms. The van der Waals surface area contributed by atoms with Crippen LogP contribution in [0.1, 0.15) is 50.6 Å². The molecule has 0 atom stereocenters. The number of phenols is 2. The number of aromatic nitrogens is 10. The average Bonchev–Trinajstić information content (AvgIpc) is 1.50. The number of aromatic amines is 1. The Balaban J connectivity index is 0.000000116. The van der Waals surface area contributed by atoms with Crippen molar-refractivity contribution in [2.45, 2.75) is 58.8 Å². The summed E-state index contributed by atoms with van der Waals surface area (Å²) in [6, 6.07) is 42.6. The second-order valence-electron chi connectivity index (χ2n) is 31.7. The van der Waals surface area contributed by atoms with Gasteiger partial charge in [-0.15, -0.1) is 0 Å². The van der Waals surface area contributed by atoms with Gasteiger partial charge < -0.3 is 69.0 Å². The van der Waals surface area contributed by atoms with Crippen LogP contribution < -0.4 is 39.2 Å². The van der Waals surface area contributed by atoms with Gasteiger partial charge in [0.1, 0.15) is 60.1 Å². The number of fused-ring (bicyclic) bond motifs is 8. The van der Waals surface area contributed by atoms with Gasteiger partial charge in [-0.1, -0.05) is 99.1 Å². The maximum atomic E-state index is 11.9. The van der Waals surface area contributed by atoms with E-state index in [1.165, 1.54) is 74.3 Å². The van der Waals surface area contributed by atoms with Crippen LogP contribution in [-0.2, 0) is 71.0 Å². The molecule has 8 aliphatic heterocycles. The van der Waals surface area contributed by atoms with Gasteiger partial charge in [0.05, 0.1) is 66.4 Å². The fourth-order valence-corrected chi connectivity index (χ4v) is 18.4. The zero-order valence-electron chi connectivity index (χ0n) is 68.9. The van der Waals surface area contributed by atoms with Crippen molar-refractivity contribution in [2.75, 3.05) is 170 Å². The van der Waals surface area contributed by atoms with Crippen molar-refractivity contribution in [3.63, 3.8) is 0 Å². The number of aromatic hydroxyl groups is 2. The molecule has 4 amide bonds. The number of nitrogens with zero attached hydrogens (tertiary/aromatic N) is 21. The molecule has 28 nitrogen and oxygen atoms in total. The van der Waals surface area contributed by atoms with Gasteiger partial charge in [-0.2, -0.15) is 5.10 Å². The van der Waals surface area contributed by atoms with Gasteiger partial charge >= 0.3 is 0 Å². The first-order valence-electron chi connectivity index (χ1n) is 42.0. The number of piperazine rings is 4. The normalized spacial score (nSPS) is 16.4. The third kappa shape index (κ3) is 16.8. The molecule has 0 aliphatic carbocycles. The highest BCUT2D eigenvalue weighted by atomic mass is 16.3. The molecule has 28 heteroatoms. The van der Waals surface area contributed by atoms with Gasteiger partial charge in [-0.05, 0) is 133 Å². The van der Waals surface area contributed by atoms with Crippen LogP contribution in [0.4, 0.5) is 46.0 Å². The number of rotatable bonds is 12. The molecule has 0 bridgehead atoms. The molecule has 12 aromatic rings. The van der Waals surface area contributed by atoms with E-state index in [-0.39, 0.29) is 35.1 Å². The van der Waals surface area contributed by atoms with Gasteiger partial charge in [0.2, 0.25) is 23.6 Å². The number of phenolic OH excluding ortho intramolecular Hbond substituents is 2. The lowest BCUT2D eigenvalue weighted by Crippen LogP contribution is -2.49. The van der Waals surface area contributed by atoms with E-state index >= 15 is 0 Å². The minimum absolute atomic E-state index is 0.00111. The van der Waals surface area contributed by atoms with Crippen LogP contribution in [-0.4, -0.2) is 234 Å². The second-order valence-corrected chi connectivity index (χ2v) is 31.7. The third-order valence-electron chi connectivity index (χ3n) is 24.8. The highest BCUT2D eigenvalue weighted by Crippen LogP contribution is 2.40. The van der Waals surface area contributed by atoms with Crippen LogP contribution in [0, 0.1) is 6.92 Å². The standard InChI is InChI=1S/2C24H25N5O2.C24H25N5O.C22H25N7O/c1-2-23(31)27-10-12-28(13-11-27)24-20-8-9-29(15-21(20)25-16-26-24)22-5-3-4-17-14-18(30)6-7-19(17)22;1-2-23(31)27-10-12-28(13-11-27)24-19-8-9-29(15-21(19)25-16-26-24)22-5-3-4-17-6-7-18(30)14-20(17)22;1-2-23(30)27-12-14-28(15-13-27)24-20-10-11-29(16-21(20)25-17-26-24)22-9-5-7-18-6-3-4-8-19(18)22;1-3-20(30)27-8-10-28(11-9-27)22-16-6-7-29(13-19(16)23-14-24-22)21-15(2)4-5-18-17(21)12-25-26-18/h2*2-7,14,16,30H,1,8-13,15H2;2-9,17H,1,10-16H2;3-5,12,14H,1,6-11,13H2,2H3,(H,25,26). The topological polar surface area (TPSA) is 279 Å². The summed E-state index contributed by atoms with van der Waals surface area (Å²) < 4.78 is 0. The quantitative estimate of drug-likeness (QED) is 0.0959. The van der Waals surface area contributed by atoms with E-state index in [0.717, 1.165) is 214 Å². The van der Waals surface area contributed by atoms with Gasteiger partial charge in [-0.25, -0.2) is 39.9 Å². The number of carbonyl (C=O) groups excluding carboxylic acids is 4. The molecule has 4 fully saturated rings. The molecule has 4 saturated heterocycles. The van der Waals surface area contributed by atoms with Crippen molar-refractivity contribution in [1.82, 2.24) is 69.7 Å². The molecule has 3 N–H and O–H groups in total. The summed E-state index contributed by atoms with van der Waals surface area (Å²) in [5.41, 5.74) is 16.2. The van der Waals surface area contributed by atoms with E-state index in [1.807, 2.05) is 56.1 Å². The van der Waals surface area contributed by atoms with Gasteiger partial charge in [0.25, 0.3) is 0 Å². The van der Waals surface area contributed by atoms with E-state index < -0.39 is 0 Å². The highest BCUT2D eigenvalue weighted by Gasteiger charge is 2.34. The first-order chi connectivity index (χ1) is 59.7. The summed E-state index contributed by atoms with van der Waals surface area (Å²) in [6.07, 6.45) is 17.6. The van der Waals surface area contributed by atoms with Crippen LogP contribution in [0.2, 0.25) is 0 Å². The van der Waals surface area contributed by atoms with Crippen LogP contribution in [0.5, 0.6) is 11.5 Å². The number of nitrogens with one attached hydrogen (secondary N) is 1. The molecule has 0 spiro atoms. The lowest BCUT2D eigenvalue weighted by molar-refractivity contribution is -0.127. The predicted molar refractivity (Wildman–Crippen MR) is 479 cm³/mol. The maximum Gasteiger partial charge on any atom is 0.246 e. The van der Waals surface area contributed by atoms with E-state index in [4.69, 9.17) is 0 Å². The molecule has 20 rings (SSSR count). The van der Waals surface area contributed by atoms with Gasteiger partial charge in [0, 0.05) is 192 Å². The molecule has 0 unspecified atom stereocenters. The number of amides is 4. The molecular weight excluding hydrogens is 1530 g/mol. The number of H-pyrrole nitrogens is 1. The Labute approximate surface area is 708 Å². The van der Waals surface area contributed by atoms with Crippen molar-refractivity contribution >= 4 is 113 Å². The van der Waals surface area contributed by atoms with E-state index in [0.29, 0.717) is 58.9 Å². The van der Waals surface area contributed by atoms with E-state index in [1.54, 1.807) is 43.5 Å². The average molecular weight is 1630 g/mol. The van der Waals surface area contributed by atoms with Crippen molar-refractivity contribution in [1.29, 1.82) is 0 Å². The highest BCUT2D eigenvalue weighted by molar-refractivity contribution is 5.98. The largest absolute Gasteiger partial charge is 0.508 e. The molecule has 8 aliphatic rings. The molecule has 622 valence electrons. The first-order valence-corrected chi connectivity index (χ1v) is 42.0. The monoisotopic (exact) mass is 1630 g/mol. The molecule has 13 heterocycles. The lowest BCUT2D eigenvalue weighted by atomic mass is 10.0. The van der Waals surface area contributed by atoms with Crippen LogP contribution in [0.15, 0.2) is 210 Å². The zero-order valence-corrected chi connectivity index (χ0v) is 68.9. The van der Waals surface area contributed by atoms with Crippen LogP contribution >= 0.6 is 0 Å². The number of carbonyl (C=O) groups is 4. The van der Waals surface area contributed by atoms with Crippen molar-refractivity contribution < 1.29 is 29.4 Å². The third-order valence-corrected chi connectivity index (χ3v) is 24.8. The Morgan fingerprint density at radius 3 is 1.10 bits per heavy atom. The summed E-state index contributed by atoms with van der Waals surface area (Å²) in [7, 11) is 0. The zero-order chi connectivity index (χ0) is 83.9. The number of benzene rings is 7. The minimum atomic E-state index is -0.0128. The summed E-state index contributed by atoms with van der Waals surface area (Å²) in [6.45, 7) is 34.7. The summed E-state index contributed by atoms with van der Waals surface area (Å²) in [5.74, 6) is 4.57. The fourth-order valence-electron chi connectivity index (χ4n) is 18.4. The van der Waals surface area contributed by atoms with Crippen molar-refractivity contribution in [2.24, 2.45) is 0 Å². The molecule has 5 aromatic heterocycles.